The van der Waals surface area contributed by atoms with Gasteiger partial charge in [-0.1, -0.05) is 17.4 Å². The zero-order chi connectivity index (χ0) is 22.7. The molecule has 4 aromatic rings. The molecule has 0 spiro atoms. The number of carbonyl (C=O) groups is 1. The second-order valence-corrected chi connectivity index (χ2v) is 8.65. The Morgan fingerprint density at radius 1 is 1.09 bits per heavy atom. The van der Waals surface area contributed by atoms with E-state index in [1.807, 2.05) is 10.8 Å². The molecule has 0 bridgehead atoms. The van der Waals surface area contributed by atoms with E-state index in [0.29, 0.717) is 28.7 Å². The van der Waals surface area contributed by atoms with Crippen LogP contribution in [0, 0.1) is 13.8 Å². The van der Waals surface area contributed by atoms with Gasteiger partial charge in [0.25, 0.3) is 5.91 Å². The van der Waals surface area contributed by atoms with Crippen LogP contribution in [0.25, 0.3) is 10.2 Å². The van der Waals surface area contributed by atoms with Gasteiger partial charge in [-0.3, -0.25) is 9.69 Å². The number of ether oxygens (including phenoxy) is 2. The number of amides is 1. The molecule has 0 aliphatic carbocycles. The second-order valence-electron chi connectivity index (χ2n) is 7.64. The van der Waals surface area contributed by atoms with E-state index in [0.717, 1.165) is 28.7 Å². The molecule has 0 aliphatic heterocycles. The predicted molar refractivity (Wildman–Crippen MR) is 134 cm³/mol. The summed E-state index contributed by atoms with van der Waals surface area (Å²) < 4.78 is 13.8. The maximum Gasteiger partial charge on any atom is 0.260 e. The van der Waals surface area contributed by atoms with E-state index in [9.17, 15) is 4.79 Å². The zero-order valence-corrected chi connectivity index (χ0v) is 20.7. The van der Waals surface area contributed by atoms with Crippen LogP contribution in [0.15, 0.2) is 49.1 Å². The van der Waals surface area contributed by atoms with Gasteiger partial charge in [-0.05, 0) is 49.6 Å². The summed E-state index contributed by atoms with van der Waals surface area (Å²) >= 11 is 1.54. The summed E-state index contributed by atoms with van der Waals surface area (Å²) in [6.45, 7) is 5.40. The van der Waals surface area contributed by atoms with Crippen molar-refractivity contribution in [2.45, 2.75) is 26.8 Å². The minimum Gasteiger partial charge on any atom is -0.497 e. The topological polar surface area (TPSA) is 69.5 Å². The van der Waals surface area contributed by atoms with Gasteiger partial charge in [0.15, 0.2) is 5.13 Å². The van der Waals surface area contributed by atoms with Crippen molar-refractivity contribution in [1.29, 1.82) is 0 Å². The van der Waals surface area contributed by atoms with Crippen molar-refractivity contribution in [2.24, 2.45) is 0 Å². The fourth-order valence-corrected chi connectivity index (χ4v) is 4.84. The van der Waals surface area contributed by atoms with Crippen molar-refractivity contribution in [3.05, 3.63) is 65.7 Å². The Kier molecular flexibility index (Phi) is 7.94. The van der Waals surface area contributed by atoms with E-state index in [1.165, 1.54) is 16.9 Å². The summed E-state index contributed by atoms with van der Waals surface area (Å²) in [7, 11) is 3.15. The number of methoxy groups -OCH3 is 2. The molecule has 4 rings (SSSR count). The number of hydrogen-bond donors (Lipinski definition) is 0. The molecule has 2 heterocycles. The zero-order valence-electron chi connectivity index (χ0n) is 19.1. The van der Waals surface area contributed by atoms with Gasteiger partial charge in [0.2, 0.25) is 0 Å². The van der Waals surface area contributed by atoms with Crippen LogP contribution in [0.1, 0.15) is 27.9 Å². The lowest BCUT2D eigenvalue weighted by Gasteiger charge is -2.21. The van der Waals surface area contributed by atoms with Crippen molar-refractivity contribution in [3.8, 4) is 11.5 Å². The third kappa shape index (κ3) is 5.46. The molecule has 0 saturated heterocycles. The lowest BCUT2D eigenvalue weighted by atomic mass is 10.1. The molecule has 33 heavy (non-hydrogen) atoms. The number of thiazole rings is 1. The van der Waals surface area contributed by atoms with Crippen LogP contribution < -0.4 is 14.4 Å². The van der Waals surface area contributed by atoms with Crippen molar-refractivity contribution >= 4 is 45.0 Å². The number of anilines is 1. The molecule has 7 nitrogen and oxygen atoms in total. The molecule has 0 saturated carbocycles. The molecule has 2 aromatic carbocycles. The molecular formula is C24H27ClN4O3S. The normalized spacial score (nSPS) is 10.7. The molecule has 0 unspecified atom stereocenters. The molecule has 2 aromatic heterocycles. The van der Waals surface area contributed by atoms with Gasteiger partial charge in [0, 0.05) is 37.1 Å². The highest BCUT2D eigenvalue weighted by Crippen LogP contribution is 2.33. The summed E-state index contributed by atoms with van der Waals surface area (Å²) in [6.07, 6.45) is 6.22. The van der Waals surface area contributed by atoms with Crippen LogP contribution in [-0.2, 0) is 6.54 Å². The Hall–Kier alpha value is -3.10. The van der Waals surface area contributed by atoms with E-state index in [1.54, 1.807) is 49.8 Å². The first-order chi connectivity index (χ1) is 15.5. The van der Waals surface area contributed by atoms with Crippen molar-refractivity contribution in [3.63, 3.8) is 0 Å². The first kappa shape index (κ1) is 24.5. The molecule has 9 heteroatoms. The maximum atomic E-state index is 13.7. The predicted octanol–water partition coefficient (Wildman–Crippen LogP) is 5.29. The molecule has 0 fully saturated rings. The highest BCUT2D eigenvalue weighted by Gasteiger charge is 2.23. The lowest BCUT2D eigenvalue weighted by Crippen LogP contribution is -2.32. The summed E-state index contributed by atoms with van der Waals surface area (Å²) in [5, 5.41) is 0.686. The van der Waals surface area contributed by atoms with E-state index in [4.69, 9.17) is 14.5 Å². The van der Waals surface area contributed by atoms with Crippen LogP contribution in [0.2, 0.25) is 0 Å². The van der Waals surface area contributed by atoms with Gasteiger partial charge in [-0.15, -0.1) is 12.4 Å². The van der Waals surface area contributed by atoms with Gasteiger partial charge in [0.05, 0.1) is 30.8 Å². The average molecular weight is 487 g/mol. The van der Waals surface area contributed by atoms with Gasteiger partial charge in [-0.25, -0.2) is 9.97 Å². The molecule has 1 amide bonds. The summed E-state index contributed by atoms with van der Waals surface area (Å²) in [5.74, 6) is 1.00. The standard InChI is InChI=1S/C24H26N4O3S.ClH/c1-16-10-17(2)22-21(11-16)32-24(26-22)28(8-5-7-27-9-6-25-15-27)23(29)18-12-19(30-3)14-20(13-18)31-4;/h6,9-15H,5,7-8H2,1-4H3;1H. The lowest BCUT2D eigenvalue weighted by molar-refractivity contribution is 0.0985. The number of rotatable bonds is 8. The number of hydrogen-bond acceptors (Lipinski definition) is 6. The Morgan fingerprint density at radius 2 is 1.82 bits per heavy atom. The number of aromatic nitrogens is 3. The van der Waals surface area contributed by atoms with E-state index < -0.39 is 0 Å². The SMILES string of the molecule is COc1cc(OC)cc(C(=O)N(CCCn2ccnc2)c2nc3c(C)cc(C)cc3s2)c1.Cl. The third-order valence-electron chi connectivity index (χ3n) is 5.25. The van der Waals surface area contributed by atoms with E-state index >= 15 is 0 Å². The number of nitrogens with zero attached hydrogens (tertiary/aromatic N) is 4. The Morgan fingerprint density at radius 3 is 2.45 bits per heavy atom. The molecular weight excluding hydrogens is 460 g/mol. The first-order valence-corrected chi connectivity index (χ1v) is 11.2. The van der Waals surface area contributed by atoms with Crippen LogP contribution in [0.5, 0.6) is 11.5 Å². The van der Waals surface area contributed by atoms with Crippen LogP contribution in [-0.4, -0.2) is 41.2 Å². The minimum atomic E-state index is -0.138. The molecule has 0 N–H and O–H groups in total. The monoisotopic (exact) mass is 486 g/mol. The fraction of sp³-hybridized carbons (Fsp3) is 0.292. The fourth-order valence-electron chi connectivity index (χ4n) is 3.68. The number of halogens is 1. The van der Waals surface area contributed by atoms with Crippen molar-refractivity contribution in [1.82, 2.24) is 14.5 Å². The summed E-state index contributed by atoms with van der Waals surface area (Å²) in [5.41, 5.74) is 3.72. The largest absolute Gasteiger partial charge is 0.497 e. The van der Waals surface area contributed by atoms with Crippen LogP contribution >= 0.6 is 23.7 Å². The molecule has 0 aliphatic rings. The second kappa shape index (κ2) is 10.7. The number of carbonyl (C=O) groups excluding carboxylic acids is 1. The average Bonchev–Trinajstić information content (AvgIpc) is 3.46. The van der Waals surface area contributed by atoms with Gasteiger partial charge < -0.3 is 14.0 Å². The molecule has 174 valence electrons. The van der Waals surface area contributed by atoms with Gasteiger partial charge in [-0.2, -0.15) is 0 Å². The number of aryl methyl sites for hydroxylation is 3. The van der Waals surface area contributed by atoms with Crippen molar-refractivity contribution < 1.29 is 14.3 Å². The Balaban J connectivity index is 0.00000306. The van der Waals surface area contributed by atoms with Gasteiger partial charge in [0.1, 0.15) is 11.5 Å². The third-order valence-corrected chi connectivity index (χ3v) is 6.28. The summed E-state index contributed by atoms with van der Waals surface area (Å²) in [6, 6.07) is 9.45. The van der Waals surface area contributed by atoms with E-state index in [-0.39, 0.29) is 18.3 Å². The highest BCUT2D eigenvalue weighted by atomic mass is 35.5. The smallest absolute Gasteiger partial charge is 0.260 e. The Labute approximate surface area is 203 Å². The highest BCUT2D eigenvalue weighted by molar-refractivity contribution is 7.22. The van der Waals surface area contributed by atoms with Crippen molar-refractivity contribution in [2.75, 3.05) is 25.7 Å². The minimum absolute atomic E-state index is 0. The van der Waals surface area contributed by atoms with Crippen LogP contribution in [0.4, 0.5) is 5.13 Å². The van der Waals surface area contributed by atoms with Gasteiger partial charge >= 0.3 is 0 Å². The van der Waals surface area contributed by atoms with E-state index in [2.05, 4.69) is 31.0 Å². The quantitative estimate of drug-likeness (QED) is 0.338. The summed E-state index contributed by atoms with van der Waals surface area (Å²) in [4.78, 5) is 24.4. The number of benzene rings is 2. The number of fused-ring (bicyclic) bond motifs is 1. The molecule has 0 radical (unpaired) electrons. The molecule has 0 atom stereocenters. The maximum absolute atomic E-state index is 13.7. The first-order valence-electron chi connectivity index (χ1n) is 10.4. The Bertz CT molecular complexity index is 1220. The van der Waals surface area contributed by atoms with Crippen LogP contribution in [0.3, 0.4) is 0 Å². The number of imidazole rings is 1.